The molecule has 0 aromatic heterocycles. The number of aliphatic carboxylic acids is 3. The highest BCUT2D eigenvalue weighted by Crippen LogP contribution is 2.18. The summed E-state index contributed by atoms with van der Waals surface area (Å²) in [5.74, 6) is -2.34. The Bertz CT molecular complexity index is 315. The first-order chi connectivity index (χ1) is 12.5. The van der Waals surface area contributed by atoms with Crippen LogP contribution in [0, 0.1) is 5.41 Å². The maximum atomic E-state index is 10.0. The van der Waals surface area contributed by atoms with E-state index in [0.717, 1.165) is 26.7 Å². The minimum Gasteiger partial charge on any atom is -0.481 e. The van der Waals surface area contributed by atoms with Crippen LogP contribution in [0.5, 0.6) is 0 Å². The number of hydrogen-bond acceptors (Lipinski definition) is 6. The molecule has 0 saturated heterocycles. The van der Waals surface area contributed by atoms with E-state index in [1.807, 2.05) is 6.92 Å². The molecule has 6 N–H and O–H groups in total. The van der Waals surface area contributed by atoms with Crippen molar-refractivity contribution in [3.63, 3.8) is 0 Å². The maximum Gasteiger partial charge on any atom is 0.303 e. The fraction of sp³-hybridized carbons (Fsp3) is 0.833. The van der Waals surface area contributed by atoms with Crippen LogP contribution in [0.3, 0.4) is 0 Å². The summed E-state index contributed by atoms with van der Waals surface area (Å²) in [4.78, 5) is 28.0. The first-order valence-corrected chi connectivity index (χ1v) is 8.91. The summed E-state index contributed by atoms with van der Waals surface area (Å²) in [5.41, 5.74) is -0.667. The number of aliphatic hydroxyl groups is 3. The summed E-state index contributed by atoms with van der Waals surface area (Å²) in [5, 5.41) is 49.1. The third kappa shape index (κ3) is 40.4. The second-order valence-electron chi connectivity index (χ2n) is 5.92. The van der Waals surface area contributed by atoms with Gasteiger partial charge in [-0.2, -0.15) is 0 Å². The Balaban J connectivity index is -0.000000142. The molecule has 0 aromatic rings. The van der Waals surface area contributed by atoms with E-state index in [0.29, 0.717) is 12.8 Å². The average molecular weight is 398 g/mol. The molecule has 0 fully saturated rings. The number of hydrogen-bond donors (Lipinski definition) is 6. The van der Waals surface area contributed by atoms with Crippen molar-refractivity contribution in [1.82, 2.24) is 0 Å². The van der Waals surface area contributed by atoms with Gasteiger partial charge in [0.15, 0.2) is 0 Å². The van der Waals surface area contributed by atoms with Gasteiger partial charge in [0.1, 0.15) is 0 Å². The highest BCUT2D eigenvalue weighted by atomic mass is 16.4. The average Bonchev–Trinajstić information content (AvgIpc) is 2.57. The topological polar surface area (TPSA) is 173 Å². The molecule has 9 nitrogen and oxygen atoms in total. The number of carboxylic acids is 3. The molecule has 164 valence electrons. The molecule has 9 heteroatoms. The normalized spacial score (nSPS) is 9.44. The summed E-state index contributed by atoms with van der Waals surface area (Å²) < 4.78 is 0. The fourth-order valence-corrected chi connectivity index (χ4v) is 1.37. The smallest absolute Gasteiger partial charge is 0.303 e. The summed E-state index contributed by atoms with van der Waals surface area (Å²) >= 11 is 0. The molecule has 0 aliphatic carbocycles. The summed E-state index contributed by atoms with van der Waals surface area (Å²) in [6, 6.07) is 0. The van der Waals surface area contributed by atoms with E-state index in [2.05, 4.69) is 6.92 Å². The van der Waals surface area contributed by atoms with Crippen LogP contribution < -0.4 is 0 Å². The van der Waals surface area contributed by atoms with Gasteiger partial charge < -0.3 is 30.6 Å². The first kappa shape index (κ1) is 32.9. The van der Waals surface area contributed by atoms with Gasteiger partial charge in [0.25, 0.3) is 11.9 Å². The predicted octanol–water partition coefficient (Wildman–Crippen LogP) is 1.97. The second-order valence-corrected chi connectivity index (χ2v) is 5.92. The zero-order chi connectivity index (χ0) is 22.3. The van der Waals surface area contributed by atoms with E-state index < -0.39 is 23.3 Å². The predicted molar refractivity (Wildman–Crippen MR) is 102 cm³/mol. The van der Waals surface area contributed by atoms with Crippen molar-refractivity contribution >= 4 is 17.9 Å². The van der Waals surface area contributed by atoms with Gasteiger partial charge in [0, 0.05) is 25.7 Å². The monoisotopic (exact) mass is 398 g/mol. The zero-order valence-corrected chi connectivity index (χ0v) is 17.0. The molecule has 0 amide bonds. The molecular weight excluding hydrogens is 360 g/mol. The van der Waals surface area contributed by atoms with E-state index >= 15 is 0 Å². The standard InChI is InChI=1S/C8H16O2.C6H14O3.2C2H4O2/c1-2-3-4-5-6-7-8(9)10;1-2-6(3-7,4-8)5-9;2*1-2(3)4/h2-7H2,1H3,(H,9,10);7-9H,2-5H2,1H3;2*1H3,(H,3,4). The van der Waals surface area contributed by atoms with Crippen LogP contribution in [0.2, 0.25) is 0 Å². The molecule has 0 spiro atoms. The summed E-state index contributed by atoms with van der Waals surface area (Å²) in [7, 11) is 0. The van der Waals surface area contributed by atoms with Crippen molar-refractivity contribution in [2.45, 2.75) is 72.6 Å². The van der Waals surface area contributed by atoms with Crippen molar-refractivity contribution in [3.05, 3.63) is 0 Å². The molecule has 0 rings (SSSR count). The number of carbonyl (C=O) groups is 3. The molecule has 0 aromatic carbocycles. The molecule has 27 heavy (non-hydrogen) atoms. The van der Waals surface area contributed by atoms with Crippen LogP contribution >= 0.6 is 0 Å². The lowest BCUT2D eigenvalue weighted by Gasteiger charge is -2.24. The number of rotatable bonds is 10. The van der Waals surface area contributed by atoms with Gasteiger partial charge in [-0.15, -0.1) is 0 Å². The van der Waals surface area contributed by atoms with E-state index in [1.54, 1.807) is 0 Å². The van der Waals surface area contributed by atoms with Crippen molar-refractivity contribution in [2.75, 3.05) is 19.8 Å². The Labute approximate surface area is 161 Å². The Morgan fingerprint density at radius 3 is 1.22 bits per heavy atom. The van der Waals surface area contributed by atoms with Crippen molar-refractivity contribution in [1.29, 1.82) is 0 Å². The Morgan fingerprint density at radius 1 is 0.704 bits per heavy atom. The van der Waals surface area contributed by atoms with Gasteiger partial charge in [-0.1, -0.05) is 39.5 Å². The van der Waals surface area contributed by atoms with Crippen LogP contribution in [0.25, 0.3) is 0 Å². The largest absolute Gasteiger partial charge is 0.481 e. The first-order valence-electron chi connectivity index (χ1n) is 8.91. The van der Waals surface area contributed by atoms with Crippen LogP contribution in [0.1, 0.15) is 72.6 Å². The molecule has 0 aliphatic rings. The SMILES string of the molecule is CC(=O)O.CC(=O)O.CCC(CO)(CO)CO.CCCCCCCC(=O)O. The molecule has 0 bridgehead atoms. The van der Waals surface area contributed by atoms with Crippen LogP contribution in [0.15, 0.2) is 0 Å². The van der Waals surface area contributed by atoms with E-state index in [-0.39, 0.29) is 19.8 Å². The van der Waals surface area contributed by atoms with E-state index in [1.165, 1.54) is 19.3 Å². The molecule has 0 heterocycles. The van der Waals surface area contributed by atoms with Crippen molar-refractivity contribution < 1.29 is 45.0 Å². The molecule has 0 atom stereocenters. The van der Waals surface area contributed by atoms with Crippen molar-refractivity contribution in [3.8, 4) is 0 Å². The lowest BCUT2D eigenvalue weighted by Crippen LogP contribution is -2.32. The van der Waals surface area contributed by atoms with Gasteiger partial charge in [-0.05, 0) is 12.8 Å². The molecule has 0 radical (unpaired) electrons. The van der Waals surface area contributed by atoms with Crippen LogP contribution in [-0.4, -0.2) is 68.4 Å². The zero-order valence-electron chi connectivity index (χ0n) is 17.0. The molecule has 0 unspecified atom stereocenters. The quantitative estimate of drug-likeness (QED) is 0.301. The third-order valence-corrected chi connectivity index (χ3v) is 3.25. The fourth-order valence-electron chi connectivity index (χ4n) is 1.37. The lowest BCUT2D eigenvalue weighted by molar-refractivity contribution is -0.137. The van der Waals surface area contributed by atoms with E-state index in [4.69, 9.17) is 40.2 Å². The van der Waals surface area contributed by atoms with Crippen LogP contribution in [0.4, 0.5) is 0 Å². The van der Waals surface area contributed by atoms with Gasteiger partial charge in [0.2, 0.25) is 0 Å². The minimum atomic E-state index is -0.833. The second kappa shape index (κ2) is 24.3. The summed E-state index contributed by atoms with van der Waals surface area (Å²) in [6.07, 6.45) is 6.48. The minimum absolute atomic E-state index is 0.156. The number of carboxylic acid groups (broad SMARTS) is 3. The van der Waals surface area contributed by atoms with Crippen LogP contribution in [-0.2, 0) is 14.4 Å². The Hall–Kier alpha value is -1.71. The number of aliphatic hydroxyl groups excluding tert-OH is 3. The third-order valence-electron chi connectivity index (χ3n) is 3.25. The Morgan fingerprint density at radius 2 is 1.04 bits per heavy atom. The number of unbranched alkanes of at least 4 members (excludes halogenated alkanes) is 4. The van der Waals surface area contributed by atoms with Gasteiger partial charge in [0.05, 0.1) is 19.8 Å². The highest BCUT2D eigenvalue weighted by Gasteiger charge is 2.24. The van der Waals surface area contributed by atoms with Gasteiger partial charge >= 0.3 is 5.97 Å². The summed E-state index contributed by atoms with van der Waals surface area (Å²) in [6.45, 7) is 5.67. The molecular formula is C18H38O9. The van der Waals surface area contributed by atoms with Crippen molar-refractivity contribution in [2.24, 2.45) is 5.41 Å². The highest BCUT2D eigenvalue weighted by molar-refractivity contribution is 5.66. The lowest BCUT2D eigenvalue weighted by atomic mass is 9.88. The van der Waals surface area contributed by atoms with Gasteiger partial charge in [-0.25, -0.2) is 0 Å². The Kier molecular flexibility index (Phi) is 29.6. The maximum absolute atomic E-state index is 10.0. The molecule has 0 aliphatic heterocycles. The molecule has 0 saturated carbocycles. The van der Waals surface area contributed by atoms with E-state index in [9.17, 15) is 4.79 Å². The van der Waals surface area contributed by atoms with Gasteiger partial charge in [-0.3, -0.25) is 14.4 Å².